The molecule has 2 unspecified atom stereocenters. The minimum Gasteiger partial charge on any atom is -0.458 e. The average molecular weight is 244 g/mol. The fourth-order valence-corrected chi connectivity index (χ4v) is 2.63. The summed E-state index contributed by atoms with van der Waals surface area (Å²) in [5.74, 6) is 0.515. The summed E-state index contributed by atoms with van der Waals surface area (Å²) >= 11 is 0. The quantitative estimate of drug-likeness (QED) is 0.602. The molecule has 1 aliphatic heterocycles. The molecule has 1 fully saturated rings. The van der Waals surface area contributed by atoms with Crippen LogP contribution in [0, 0.1) is 11.8 Å². The number of esters is 1. The smallest absolute Gasteiger partial charge is 0.306 e. The van der Waals surface area contributed by atoms with Gasteiger partial charge in [-0.3, -0.25) is 4.79 Å². The maximum atomic E-state index is 11.2. The molecule has 3 rings (SSSR count). The lowest BCUT2D eigenvalue weighted by Gasteiger charge is -2.16. The molecule has 1 aromatic rings. The van der Waals surface area contributed by atoms with Gasteiger partial charge >= 0.3 is 5.97 Å². The molecular formula is C15H16O3. The first kappa shape index (κ1) is 11.5. The van der Waals surface area contributed by atoms with Crippen LogP contribution in [-0.2, 0) is 20.9 Å². The van der Waals surface area contributed by atoms with Crippen molar-refractivity contribution < 1.29 is 14.3 Å². The third kappa shape index (κ3) is 2.31. The topological polar surface area (TPSA) is 35.5 Å². The van der Waals surface area contributed by atoms with Crippen LogP contribution in [0.3, 0.4) is 0 Å². The van der Waals surface area contributed by atoms with Gasteiger partial charge in [-0.1, -0.05) is 36.4 Å². The van der Waals surface area contributed by atoms with E-state index >= 15 is 0 Å². The lowest BCUT2D eigenvalue weighted by molar-refractivity contribution is -0.140. The summed E-state index contributed by atoms with van der Waals surface area (Å²) < 4.78 is 10.9. The van der Waals surface area contributed by atoms with Gasteiger partial charge in [-0.2, -0.15) is 0 Å². The summed E-state index contributed by atoms with van der Waals surface area (Å²) in [5, 5.41) is 0. The monoisotopic (exact) mass is 244 g/mol. The Labute approximate surface area is 106 Å². The molecule has 0 radical (unpaired) electrons. The van der Waals surface area contributed by atoms with Gasteiger partial charge in [-0.05, 0) is 11.6 Å². The number of fused-ring (bicyclic) bond motifs is 1. The van der Waals surface area contributed by atoms with E-state index in [4.69, 9.17) is 9.47 Å². The van der Waals surface area contributed by atoms with Crippen molar-refractivity contribution in [2.75, 3.05) is 6.61 Å². The Morgan fingerprint density at radius 1 is 1.22 bits per heavy atom. The molecule has 2 aliphatic rings. The third-order valence-corrected chi connectivity index (χ3v) is 3.61. The SMILES string of the molecule is O=C1CC2C(C=C[C@H]2COCc2ccccc2)O1. The van der Waals surface area contributed by atoms with Crippen LogP contribution in [0.25, 0.3) is 0 Å². The van der Waals surface area contributed by atoms with E-state index in [-0.39, 0.29) is 18.0 Å². The molecule has 3 heteroatoms. The summed E-state index contributed by atoms with van der Waals surface area (Å²) in [7, 11) is 0. The average Bonchev–Trinajstić information content (AvgIpc) is 2.91. The van der Waals surface area contributed by atoms with Crippen LogP contribution in [0.1, 0.15) is 12.0 Å². The van der Waals surface area contributed by atoms with E-state index in [0.717, 1.165) is 0 Å². The van der Waals surface area contributed by atoms with Gasteiger partial charge in [0.05, 0.1) is 19.6 Å². The lowest BCUT2D eigenvalue weighted by atomic mass is 9.93. The highest BCUT2D eigenvalue weighted by molar-refractivity contribution is 5.73. The van der Waals surface area contributed by atoms with E-state index in [1.807, 2.05) is 24.3 Å². The fourth-order valence-electron chi connectivity index (χ4n) is 2.63. The summed E-state index contributed by atoms with van der Waals surface area (Å²) in [5.41, 5.74) is 1.18. The second-order valence-corrected chi connectivity index (χ2v) is 4.87. The minimum absolute atomic E-state index is 0.0113. The molecule has 1 aliphatic carbocycles. The molecule has 3 atom stereocenters. The molecule has 0 aromatic heterocycles. The molecule has 0 amide bonds. The van der Waals surface area contributed by atoms with Gasteiger partial charge in [0.15, 0.2) is 0 Å². The van der Waals surface area contributed by atoms with Gasteiger partial charge < -0.3 is 9.47 Å². The maximum Gasteiger partial charge on any atom is 0.306 e. The van der Waals surface area contributed by atoms with Crippen LogP contribution in [0.4, 0.5) is 0 Å². The molecule has 18 heavy (non-hydrogen) atoms. The molecule has 0 bridgehead atoms. The van der Waals surface area contributed by atoms with Crippen LogP contribution in [0.2, 0.25) is 0 Å². The maximum absolute atomic E-state index is 11.2. The van der Waals surface area contributed by atoms with E-state index < -0.39 is 0 Å². The van der Waals surface area contributed by atoms with E-state index in [0.29, 0.717) is 25.6 Å². The van der Waals surface area contributed by atoms with Gasteiger partial charge in [0.2, 0.25) is 0 Å². The molecule has 1 aromatic carbocycles. The molecule has 0 saturated carbocycles. The van der Waals surface area contributed by atoms with Crippen LogP contribution in [0.15, 0.2) is 42.5 Å². The zero-order chi connectivity index (χ0) is 12.4. The molecular weight excluding hydrogens is 228 g/mol. The lowest BCUT2D eigenvalue weighted by Crippen LogP contribution is -2.19. The first-order valence-corrected chi connectivity index (χ1v) is 6.32. The zero-order valence-electron chi connectivity index (χ0n) is 10.1. The van der Waals surface area contributed by atoms with Gasteiger partial charge in [-0.25, -0.2) is 0 Å². The number of carbonyl (C=O) groups is 1. The van der Waals surface area contributed by atoms with Crippen molar-refractivity contribution >= 4 is 5.97 Å². The number of rotatable bonds is 4. The second kappa shape index (κ2) is 4.94. The predicted molar refractivity (Wildman–Crippen MR) is 66.7 cm³/mol. The molecule has 1 saturated heterocycles. The van der Waals surface area contributed by atoms with Gasteiger partial charge in [-0.15, -0.1) is 0 Å². The normalized spacial score (nSPS) is 29.3. The minimum atomic E-state index is -0.0811. The van der Waals surface area contributed by atoms with Gasteiger partial charge in [0.25, 0.3) is 0 Å². The molecule has 94 valence electrons. The second-order valence-electron chi connectivity index (χ2n) is 4.87. The number of hydrogen-bond acceptors (Lipinski definition) is 3. The highest BCUT2D eigenvalue weighted by Gasteiger charge is 2.41. The number of ether oxygens (including phenoxy) is 2. The fraction of sp³-hybridized carbons (Fsp3) is 0.400. The molecule has 1 heterocycles. The Kier molecular flexibility index (Phi) is 3.15. The van der Waals surface area contributed by atoms with E-state index in [9.17, 15) is 4.79 Å². The summed E-state index contributed by atoms with van der Waals surface area (Å²) in [6, 6.07) is 10.1. The third-order valence-electron chi connectivity index (χ3n) is 3.61. The summed E-state index contributed by atoms with van der Waals surface area (Å²) in [6.45, 7) is 1.28. The Morgan fingerprint density at radius 3 is 2.89 bits per heavy atom. The molecule has 0 N–H and O–H groups in total. The highest BCUT2D eigenvalue weighted by Crippen LogP contribution is 2.36. The largest absolute Gasteiger partial charge is 0.458 e. The van der Waals surface area contributed by atoms with E-state index in [2.05, 4.69) is 18.2 Å². The van der Waals surface area contributed by atoms with Crippen molar-refractivity contribution in [1.29, 1.82) is 0 Å². The standard InChI is InChI=1S/C15H16O3/c16-15-8-13-12(6-7-14(13)18-15)10-17-9-11-4-2-1-3-5-11/h1-7,12-14H,8-10H2/t12-,13?,14?/m0/s1. The highest BCUT2D eigenvalue weighted by atomic mass is 16.6. The Balaban J connectivity index is 1.50. The zero-order valence-corrected chi connectivity index (χ0v) is 10.1. The summed E-state index contributed by atoms with van der Waals surface area (Å²) in [4.78, 5) is 11.2. The van der Waals surface area contributed by atoms with E-state index in [1.165, 1.54) is 5.56 Å². The van der Waals surface area contributed by atoms with Crippen molar-refractivity contribution in [2.24, 2.45) is 11.8 Å². The van der Waals surface area contributed by atoms with Gasteiger partial charge in [0.1, 0.15) is 6.10 Å². The summed E-state index contributed by atoms with van der Waals surface area (Å²) in [6.07, 6.45) is 4.62. The van der Waals surface area contributed by atoms with Crippen LogP contribution < -0.4 is 0 Å². The number of hydrogen-bond donors (Lipinski definition) is 0. The van der Waals surface area contributed by atoms with Crippen molar-refractivity contribution in [3.63, 3.8) is 0 Å². The van der Waals surface area contributed by atoms with Crippen LogP contribution in [0.5, 0.6) is 0 Å². The van der Waals surface area contributed by atoms with Crippen molar-refractivity contribution in [3.05, 3.63) is 48.0 Å². The first-order valence-electron chi connectivity index (χ1n) is 6.32. The van der Waals surface area contributed by atoms with Crippen molar-refractivity contribution in [2.45, 2.75) is 19.1 Å². The Morgan fingerprint density at radius 2 is 2.06 bits per heavy atom. The van der Waals surface area contributed by atoms with Crippen LogP contribution >= 0.6 is 0 Å². The Bertz CT molecular complexity index is 452. The molecule has 3 nitrogen and oxygen atoms in total. The van der Waals surface area contributed by atoms with Crippen LogP contribution in [-0.4, -0.2) is 18.7 Å². The predicted octanol–water partition coefficient (Wildman–Crippen LogP) is 2.32. The van der Waals surface area contributed by atoms with Gasteiger partial charge in [0, 0.05) is 11.8 Å². The Hall–Kier alpha value is -1.61. The molecule has 0 spiro atoms. The first-order chi connectivity index (χ1) is 8.83. The van der Waals surface area contributed by atoms with Crippen molar-refractivity contribution in [3.8, 4) is 0 Å². The van der Waals surface area contributed by atoms with E-state index in [1.54, 1.807) is 0 Å². The number of benzene rings is 1. The van der Waals surface area contributed by atoms with Crippen molar-refractivity contribution in [1.82, 2.24) is 0 Å². The number of carbonyl (C=O) groups excluding carboxylic acids is 1.